The van der Waals surface area contributed by atoms with Crippen LogP contribution < -0.4 is 0 Å². The average molecular weight is 258 g/mol. The summed E-state index contributed by atoms with van der Waals surface area (Å²) in [6.07, 6.45) is 3.00. The Balaban J connectivity index is 2.47. The Morgan fingerprint density at radius 3 is 2.76 bits per heavy atom. The molecule has 1 heterocycles. The third-order valence-electron chi connectivity index (χ3n) is 2.54. The number of hydrogen-bond acceptors (Lipinski definition) is 4. The van der Waals surface area contributed by atoms with Crippen LogP contribution >= 0.6 is 12.0 Å². The molecule has 0 aromatic carbocycles. The molecule has 4 nitrogen and oxygen atoms in total. The van der Waals surface area contributed by atoms with Crippen LogP contribution in [0, 0.1) is 0 Å². The minimum atomic E-state index is 0.533. The van der Waals surface area contributed by atoms with Gasteiger partial charge in [-0.2, -0.15) is 9.43 Å². The van der Waals surface area contributed by atoms with Crippen molar-refractivity contribution < 1.29 is 9.22 Å². The van der Waals surface area contributed by atoms with E-state index in [0.717, 1.165) is 18.7 Å². The van der Waals surface area contributed by atoms with Crippen LogP contribution in [0.1, 0.15) is 44.9 Å². The summed E-state index contributed by atoms with van der Waals surface area (Å²) in [5.41, 5.74) is 2.68. The van der Waals surface area contributed by atoms with E-state index in [9.17, 15) is 0 Å². The van der Waals surface area contributed by atoms with Gasteiger partial charge in [0.2, 0.25) is 0 Å². The first-order valence-corrected chi connectivity index (χ1v) is 7.07. The zero-order valence-corrected chi connectivity index (χ0v) is 11.9. The van der Waals surface area contributed by atoms with Gasteiger partial charge < -0.3 is 0 Å². The van der Waals surface area contributed by atoms with Gasteiger partial charge in [0, 0.05) is 23.5 Å². The molecule has 0 N–H and O–H groups in total. The predicted octanol–water partition coefficient (Wildman–Crippen LogP) is 3.19. The number of rotatable bonds is 8. The van der Waals surface area contributed by atoms with E-state index in [1.54, 1.807) is 0 Å². The van der Waals surface area contributed by atoms with E-state index >= 15 is 0 Å². The molecule has 17 heavy (non-hydrogen) atoms. The molecule has 0 bridgehead atoms. The van der Waals surface area contributed by atoms with Crippen LogP contribution in [0.25, 0.3) is 0 Å². The predicted molar refractivity (Wildman–Crippen MR) is 70.9 cm³/mol. The van der Waals surface area contributed by atoms with Crippen LogP contribution in [0.3, 0.4) is 0 Å². The molecule has 0 radical (unpaired) electrons. The van der Waals surface area contributed by atoms with Gasteiger partial charge in [0.1, 0.15) is 0 Å². The molecule has 1 aromatic heterocycles. The van der Waals surface area contributed by atoms with E-state index in [1.165, 1.54) is 23.3 Å². The van der Waals surface area contributed by atoms with Gasteiger partial charge in [0.15, 0.2) is 0 Å². The Morgan fingerprint density at radius 2 is 2.18 bits per heavy atom. The average Bonchev–Trinajstić information content (AvgIpc) is 2.71. The van der Waals surface area contributed by atoms with Crippen molar-refractivity contribution in [2.75, 3.05) is 12.4 Å². The largest absolute Gasteiger partial charge is 0.268 e. The summed E-state index contributed by atoms with van der Waals surface area (Å²) in [7, 11) is 0. The fraction of sp³-hybridized carbons (Fsp3) is 0.750. The lowest BCUT2D eigenvalue weighted by Gasteiger charge is -2.09. The fourth-order valence-corrected chi connectivity index (χ4v) is 2.21. The molecule has 1 aromatic rings. The van der Waals surface area contributed by atoms with Crippen molar-refractivity contribution in [2.24, 2.45) is 0 Å². The van der Waals surface area contributed by atoms with Crippen LogP contribution in [-0.2, 0) is 22.2 Å². The minimum Gasteiger partial charge on any atom is -0.268 e. The molecule has 0 saturated heterocycles. The molecule has 0 aliphatic rings. The maximum absolute atomic E-state index is 4.91. The van der Waals surface area contributed by atoms with Crippen molar-refractivity contribution in [3.63, 3.8) is 0 Å². The lowest BCUT2D eigenvalue weighted by molar-refractivity contribution is -0.185. The fourth-order valence-electron chi connectivity index (χ4n) is 1.73. The molecule has 0 aliphatic carbocycles. The number of aromatic nitrogens is 2. The third kappa shape index (κ3) is 4.33. The van der Waals surface area contributed by atoms with Crippen LogP contribution in [-0.4, -0.2) is 22.1 Å². The Morgan fingerprint density at radius 1 is 1.41 bits per heavy atom. The monoisotopic (exact) mass is 258 g/mol. The maximum atomic E-state index is 4.91. The molecule has 0 aliphatic heterocycles. The van der Waals surface area contributed by atoms with E-state index in [0.29, 0.717) is 12.5 Å². The topological polar surface area (TPSA) is 36.3 Å². The van der Waals surface area contributed by atoms with E-state index in [-0.39, 0.29) is 0 Å². The molecular weight excluding hydrogens is 236 g/mol. The quantitative estimate of drug-likeness (QED) is 0.310. The summed E-state index contributed by atoms with van der Waals surface area (Å²) in [5.74, 6) is 1.37. The van der Waals surface area contributed by atoms with Gasteiger partial charge in [-0.1, -0.05) is 20.8 Å². The second-order valence-corrected chi connectivity index (χ2v) is 4.85. The van der Waals surface area contributed by atoms with Crippen molar-refractivity contribution in [3.05, 3.63) is 17.5 Å². The van der Waals surface area contributed by atoms with Gasteiger partial charge in [-0.25, -0.2) is 4.89 Å². The summed E-state index contributed by atoms with van der Waals surface area (Å²) in [5, 5.41) is 4.43. The van der Waals surface area contributed by atoms with E-state index in [1.807, 2.05) is 13.1 Å². The Labute approximate surface area is 108 Å². The van der Waals surface area contributed by atoms with E-state index in [4.69, 9.17) is 9.22 Å². The van der Waals surface area contributed by atoms with Crippen LogP contribution in [0.15, 0.2) is 6.20 Å². The summed E-state index contributed by atoms with van der Waals surface area (Å²) in [4.78, 5) is 4.80. The van der Waals surface area contributed by atoms with Gasteiger partial charge in [0.05, 0.1) is 19.3 Å². The summed E-state index contributed by atoms with van der Waals surface area (Å²) >= 11 is 1.33. The summed E-state index contributed by atoms with van der Waals surface area (Å²) in [6, 6.07) is 0. The van der Waals surface area contributed by atoms with Crippen molar-refractivity contribution >= 4 is 12.0 Å². The number of nitrogens with zero attached hydrogens (tertiary/aromatic N) is 2. The smallest absolute Gasteiger partial charge is 0.0806 e. The Hall–Kier alpha value is -0.520. The second-order valence-electron chi connectivity index (χ2n) is 4.07. The van der Waals surface area contributed by atoms with Gasteiger partial charge in [-0.15, -0.1) is 0 Å². The molecule has 0 saturated carbocycles. The zero-order chi connectivity index (χ0) is 12.7. The molecule has 0 amide bonds. The Kier molecular flexibility index (Phi) is 6.62. The van der Waals surface area contributed by atoms with Crippen LogP contribution in [0.4, 0.5) is 0 Å². The van der Waals surface area contributed by atoms with Crippen LogP contribution in [0.5, 0.6) is 0 Å². The first-order chi connectivity index (χ1) is 8.20. The standard InChI is InChI=1S/C12H22N2O2S/c1-5-12-11(10(3)4)9-13-14(12)7-8-17-16-15-6-2/h9-10H,5-8H2,1-4H3. The van der Waals surface area contributed by atoms with Crippen molar-refractivity contribution in [3.8, 4) is 0 Å². The molecule has 0 atom stereocenters. The second kappa shape index (κ2) is 7.74. The number of aryl methyl sites for hydroxylation is 1. The van der Waals surface area contributed by atoms with Crippen molar-refractivity contribution in [1.82, 2.24) is 9.78 Å². The number of hydrogen-bond donors (Lipinski definition) is 0. The normalized spacial score (nSPS) is 11.4. The lowest BCUT2D eigenvalue weighted by atomic mass is 10.0. The molecule has 98 valence electrons. The lowest BCUT2D eigenvalue weighted by Crippen LogP contribution is -2.08. The molecule has 0 fully saturated rings. The Bertz CT molecular complexity index is 326. The molecule has 5 heteroatoms. The minimum absolute atomic E-state index is 0.533. The van der Waals surface area contributed by atoms with Crippen molar-refractivity contribution in [2.45, 2.75) is 46.6 Å². The zero-order valence-electron chi connectivity index (χ0n) is 11.1. The highest BCUT2D eigenvalue weighted by Gasteiger charge is 2.11. The molecule has 1 rings (SSSR count). The van der Waals surface area contributed by atoms with Gasteiger partial charge in [-0.05, 0) is 24.8 Å². The van der Waals surface area contributed by atoms with Gasteiger partial charge >= 0.3 is 0 Å². The highest BCUT2D eigenvalue weighted by molar-refractivity contribution is 7.94. The van der Waals surface area contributed by atoms with Crippen LogP contribution in [0.2, 0.25) is 0 Å². The van der Waals surface area contributed by atoms with E-state index < -0.39 is 0 Å². The molecular formula is C12H22N2O2S. The summed E-state index contributed by atoms with van der Waals surface area (Å²) in [6.45, 7) is 9.91. The molecule has 0 spiro atoms. The van der Waals surface area contributed by atoms with Crippen molar-refractivity contribution in [1.29, 1.82) is 0 Å². The SMILES string of the molecule is CCOOSCCn1ncc(C(C)C)c1CC. The summed E-state index contributed by atoms with van der Waals surface area (Å²) < 4.78 is 6.97. The first-order valence-electron chi connectivity index (χ1n) is 6.16. The van der Waals surface area contributed by atoms with E-state index in [2.05, 4.69) is 30.6 Å². The first kappa shape index (κ1) is 14.5. The van der Waals surface area contributed by atoms with Gasteiger partial charge in [-0.3, -0.25) is 4.68 Å². The molecule has 0 unspecified atom stereocenters. The van der Waals surface area contributed by atoms with Gasteiger partial charge in [0.25, 0.3) is 0 Å². The highest BCUT2D eigenvalue weighted by atomic mass is 32.2. The maximum Gasteiger partial charge on any atom is 0.0806 e. The highest BCUT2D eigenvalue weighted by Crippen LogP contribution is 2.20. The third-order valence-corrected chi connectivity index (χ3v) is 3.08.